The van der Waals surface area contributed by atoms with Crippen molar-refractivity contribution in [3.63, 3.8) is 0 Å². The van der Waals surface area contributed by atoms with E-state index in [1.165, 1.54) is 109 Å². The molecule has 0 unspecified atom stereocenters. The molecule has 10 aromatic carbocycles. The Morgan fingerprint density at radius 1 is 0.283 bits per heavy atom. The molecule has 0 amide bonds. The molecule has 0 fully saturated rings. The number of hydrogen-bond donors (Lipinski definition) is 0. The summed E-state index contributed by atoms with van der Waals surface area (Å²) in [5, 5.41) is 12.8. The van der Waals surface area contributed by atoms with Crippen molar-refractivity contribution in [3.05, 3.63) is 193 Å². The van der Waals surface area contributed by atoms with Gasteiger partial charge in [0.05, 0.1) is 0 Å². The smallest absolute Gasteiger partial charge is 0.0159 e. The lowest BCUT2D eigenvalue weighted by atomic mass is 9.80. The van der Waals surface area contributed by atoms with Crippen LogP contribution in [0.25, 0.3) is 98.4 Å². The summed E-state index contributed by atoms with van der Waals surface area (Å²) in [6.45, 7) is 4.78. The van der Waals surface area contributed by atoms with Gasteiger partial charge in [-0.1, -0.05) is 172 Å². The van der Waals surface area contributed by atoms with E-state index in [1.807, 2.05) is 0 Å². The molecule has 0 nitrogen and oxygen atoms in total. The largest absolute Gasteiger partial charge is 0.0616 e. The Morgan fingerprint density at radius 3 is 1.49 bits per heavy atom. The van der Waals surface area contributed by atoms with Gasteiger partial charge in [-0.3, -0.25) is 0 Å². The highest BCUT2D eigenvalue weighted by atomic mass is 14.4. The number of rotatable bonds is 3. The fourth-order valence-corrected chi connectivity index (χ4v) is 9.46. The molecule has 1 aliphatic carbocycles. The summed E-state index contributed by atoms with van der Waals surface area (Å²) in [6.07, 6.45) is 0. The van der Waals surface area contributed by atoms with Gasteiger partial charge in [-0.05, 0) is 134 Å². The zero-order valence-electron chi connectivity index (χ0n) is 29.8. The predicted octanol–water partition coefficient (Wildman–Crippen LogP) is 14.8. The van der Waals surface area contributed by atoms with E-state index >= 15 is 0 Å². The van der Waals surface area contributed by atoms with Crippen molar-refractivity contribution < 1.29 is 0 Å². The second-order valence-corrected chi connectivity index (χ2v) is 15.2. The van der Waals surface area contributed by atoms with Crippen LogP contribution in [-0.2, 0) is 5.41 Å². The minimum absolute atomic E-state index is 0.108. The van der Waals surface area contributed by atoms with E-state index in [4.69, 9.17) is 0 Å². The Bertz CT molecular complexity index is 3080. The van der Waals surface area contributed by atoms with Gasteiger partial charge in [-0.15, -0.1) is 0 Å². The zero-order chi connectivity index (χ0) is 35.3. The summed E-state index contributed by atoms with van der Waals surface area (Å²) in [5.41, 5.74) is 13.0. The van der Waals surface area contributed by atoms with Crippen LogP contribution in [0.1, 0.15) is 25.0 Å². The summed E-state index contributed by atoms with van der Waals surface area (Å²) < 4.78 is 0. The SMILES string of the molecule is CC1(C)c2cc(-c3cc(-c4c5ccccc5c(-c5ccc6ccccc6c5)c5ccccc45)cc4ccccc34)ccc2-c2c1ccc1ccccc21. The van der Waals surface area contributed by atoms with Crippen LogP contribution in [0.15, 0.2) is 182 Å². The molecule has 0 N–H and O–H groups in total. The highest BCUT2D eigenvalue weighted by Crippen LogP contribution is 2.53. The van der Waals surface area contributed by atoms with Crippen LogP contribution >= 0.6 is 0 Å². The molecule has 0 aliphatic heterocycles. The molecule has 0 aromatic heterocycles. The van der Waals surface area contributed by atoms with Gasteiger partial charge < -0.3 is 0 Å². The average Bonchev–Trinajstić information content (AvgIpc) is 3.44. The van der Waals surface area contributed by atoms with E-state index in [-0.39, 0.29) is 5.41 Å². The summed E-state index contributed by atoms with van der Waals surface area (Å²) in [7, 11) is 0. The standard InChI is InChI=1S/C53H36/c1-53(2)48-28-26-34-14-5-8-18-41(34)52(48)46-27-25-37(32-49(46)53)47-31-39(30-36-16-6-7-17-40(36)47)51-44-21-11-9-19-42(44)50(43-20-10-12-22-45(43)51)38-24-23-33-13-3-4-15-35(33)29-38/h3-32H,1-2H3. The fraction of sp³-hybridized carbons (Fsp3) is 0.0566. The van der Waals surface area contributed by atoms with E-state index in [0.717, 1.165) is 0 Å². The molecule has 0 heterocycles. The van der Waals surface area contributed by atoms with Crippen molar-refractivity contribution in [2.24, 2.45) is 0 Å². The maximum atomic E-state index is 2.48. The van der Waals surface area contributed by atoms with Crippen LogP contribution in [-0.4, -0.2) is 0 Å². The van der Waals surface area contributed by atoms with Crippen LogP contribution in [0.4, 0.5) is 0 Å². The molecule has 0 radical (unpaired) electrons. The Balaban J connectivity index is 1.17. The zero-order valence-corrected chi connectivity index (χ0v) is 29.8. The van der Waals surface area contributed by atoms with Crippen LogP contribution in [0.3, 0.4) is 0 Å². The Kier molecular flexibility index (Phi) is 6.40. The second-order valence-electron chi connectivity index (χ2n) is 15.2. The van der Waals surface area contributed by atoms with E-state index in [9.17, 15) is 0 Å². The fourth-order valence-electron chi connectivity index (χ4n) is 9.46. The minimum Gasteiger partial charge on any atom is -0.0616 e. The summed E-state index contributed by atoms with van der Waals surface area (Å²) in [4.78, 5) is 0. The molecule has 0 atom stereocenters. The first-order valence-corrected chi connectivity index (χ1v) is 18.7. The molecule has 10 aromatic rings. The van der Waals surface area contributed by atoms with Crippen molar-refractivity contribution in [1.82, 2.24) is 0 Å². The lowest BCUT2D eigenvalue weighted by Crippen LogP contribution is -2.15. The quantitative estimate of drug-likeness (QED) is 0.164. The molecule has 0 bridgehead atoms. The van der Waals surface area contributed by atoms with Gasteiger partial charge in [-0.25, -0.2) is 0 Å². The lowest BCUT2D eigenvalue weighted by molar-refractivity contribution is 0.661. The molecule has 0 heteroatoms. The van der Waals surface area contributed by atoms with E-state index in [0.29, 0.717) is 0 Å². The molecule has 0 saturated carbocycles. The molecule has 11 rings (SSSR count). The summed E-state index contributed by atoms with van der Waals surface area (Å²) in [5.74, 6) is 0. The summed E-state index contributed by atoms with van der Waals surface area (Å²) >= 11 is 0. The molecule has 1 aliphatic rings. The minimum atomic E-state index is -0.108. The van der Waals surface area contributed by atoms with E-state index < -0.39 is 0 Å². The van der Waals surface area contributed by atoms with Gasteiger partial charge in [0, 0.05) is 5.41 Å². The highest BCUT2D eigenvalue weighted by molar-refractivity contribution is 6.22. The molecular formula is C53H36. The van der Waals surface area contributed by atoms with Crippen LogP contribution < -0.4 is 0 Å². The van der Waals surface area contributed by atoms with Crippen molar-refractivity contribution in [1.29, 1.82) is 0 Å². The van der Waals surface area contributed by atoms with Crippen molar-refractivity contribution >= 4 is 53.9 Å². The maximum Gasteiger partial charge on any atom is 0.0159 e. The maximum absolute atomic E-state index is 2.48. The van der Waals surface area contributed by atoms with Crippen molar-refractivity contribution in [2.45, 2.75) is 19.3 Å². The highest BCUT2D eigenvalue weighted by Gasteiger charge is 2.36. The van der Waals surface area contributed by atoms with Crippen LogP contribution in [0.2, 0.25) is 0 Å². The van der Waals surface area contributed by atoms with Crippen molar-refractivity contribution in [2.75, 3.05) is 0 Å². The number of fused-ring (bicyclic) bond motifs is 9. The van der Waals surface area contributed by atoms with Crippen LogP contribution in [0.5, 0.6) is 0 Å². The van der Waals surface area contributed by atoms with Gasteiger partial charge in [0.2, 0.25) is 0 Å². The molecular weight excluding hydrogens is 637 g/mol. The van der Waals surface area contributed by atoms with Gasteiger partial charge in [-0.2, -0.15) is 0 Å². The van der Waals surface area contributed by atoms with Gasteiger partial charge in [0.25, 0.3) is 0 Å². The van der Waals surface area contributed by atoms with Gasteiger partial charge >= 0.3 is 0 Å². The Labute approximate surface area is 309 Å². The normalized spacial score (nSPS) is 13.2. The lowest BCUT2D eigenvalue weighted by Gasteiger charge is -2.23. The van der Waals surface area contributed by atoms with Crippen molar-refractivity contribution in [3.8, 4) is 44.5 Å². The molecule has 0 spiro atoms. The molecule has 0 saturated heterocycles. The number of hydrogen-bond acceptors (Lipinski definition) is 0. The predicted molar refractivity (Wildman–Crippen MR) is 228 cm³/mol. The molecule has 53 heavy (non-hydrogen) atoms. The average molecular weight is 673 g/mol. The third-order valence-corrected chi connectivity index (χ3v) is 12.0. The first-order chi connectivity index (χ1) is 26.0. The van der Waals surface area contributed by atoms with Gasteiger partial charge in [0.15, 0.2) is 0 Å². The van der Waals surface area contributed by atoms with E-state index in [1.54, 1.807) is 0 Å². The second kappa shape index (κ2) is 11.2. The first kappa shape index (κ1) is 30.2. The first-order valence-electron chi connectivity index (χ1n) is 18.7. The molecule has 248 valence electrons. The number of benzene rings is 10. The third-order valence-electron chi connectivity index (χ3n) is 12.0. The third kappa shape index (κ3) is 4.42. The Morgan fingerprint density at radius 2 is 0.792 bits per heavy atom. The van der Waals surface area contributed by atoms with Crippen LogP contribution in [0, 0.1) is 0 Å². The summed E-state index contributed by atoms with van der Waals surface area (Å²) in [6, 6.07) is 68.0. The monoisotopic (exact) mass is 672 g/mol. The van der Waals surface area contributed by atoms with Gasteiger partial charge in [0.1, 0.15) is 0 Å². The Hall–Kier alpha value is -6.50. The topological polar surface area (TPSA) is 0 Å². The van der Waals surface area contributed by atoms with E-state index in [2.05, 4.69) is 196 Å².